The van der Waals surface area contributed by atoms with Crippen LogP contribution in [0.1, 0.15) is 31.7 Å². The third-order valence-corrected chi connectivity index (χ3v) is 5.46. The van der Waals surface area contributed by atoms with E-state index in [9.17, 15) is 14.7 Å². The number of likely N-dealkylation sites (tertiary alicyclic amines) is 1. The van der Waals surface area contributed by atoms with Crippen molar-refractivity contribution in [2.75, 3.05) is 26.9 Å². The molecule has 2 aliphatic rings. The average Bonchev–Trinajstić information content (AvgIpc) is 2.86. The average molecular weight is 362 g/mol. The number of hydrogen-bond donors (Lipinski definition) is 3. The molecule has 0 radical (unpaired) electrons. The highest BCUT2D eigenvalue weighted by atomic mass is 16.5. The largest absolute Gasteiger partial charge is 0.497 e. The lowest BCUT2D eigenvalue weighted by molar-refractivity contribution is -0.913. The molecule has 0 saturated carbocycles. The molecule has 7 nitrogen and oxygen atoms in total. The normalized spacial score (nSPS) is 29.0. The Morgan fingerprint density at radius 1 is 1.27 bits per heavy atom. The molecule has 1 atom stereocenters. The second-order valence-electron chi connectivity index (χ2n) is 7.48. The number of rotatable bonds is 6. The second-order valence-corrected chi connectivity index (χ2v) is 7.48. The summed E-state index contributed by atoms with van der Waals surface area (Å²) in [4.78, 5) is 27.7. The molecule has 3 N–H and O–H groups in total. The maximum absolute atomic E-state index is 12.9. The number of carbonyl (C=O) groups excluding carboxylic acids is 2. The van der Waals surface area contributed by atoms with Gasteiger partial charge >= 0.3 is 6.03 Å². The number of urea groups is 1. The Hall–Kier alpha value is -2.12. The fraction of sp³-hybridized carbons (Fsp3) is 0.579. The highest BCUT2D eigenvalue weighted by Gasteiger charge is 2.48. The summed E-state index contributed by atoms with van der Waals surface area (Å²) in [6.45, 7) is 3.73. The zero-order chi connectivity index (χ0) is 18.7. The first-order valence-electron chi connectivity index (χ1n) is 9.20. The van der Waals surface area contributed by atoms with Crippen LogP contribution in [0.3, 0.4) is 0 Å². The standard InChI is InChI=1S/C19H27N3O4/c1-19(10-7-14-3-5-16(26-2)6-4-14)17(24)22(18(25)20-19)13-21-11-8-15(23)9-12-21/h3-6,15,23H,7-13H2,1-2H3,(H,20,25)/p+1/t19-/m1/s1. The first-order valence-corrected chi connectivity index (χ1v) is 9.20. The first kappa shape index (κ1) is 18.7. The fourth-order valence-corrected chi connectivity index (χ4v) is 3.64. The van der Waals surface area contributed by atoms with Crippen LogP contribution in [-0.2, 0) is 11.2 Å². The Morgan fingerprint density at radius 3 is 2.54 bits per heavy atom. The minimum atomic E-state index is -0.869. The lowest BCUT2D eigenvalue weighted by Crippen LogP contribution is -3.14. The molecule has 2 aliphatic heterocycles. The maximum Gasteiger partial charge on any atom is 0.329 e. The third kappa shape index (κ3) is 3.99. The molecular formula is C19H28N3O4+. The Kier molecular flexibility index (Phi) is 5.48. The monoisotopic (exact) mass is 362 g/mol. The number of aryl methyl sites for hydroxylation is 1. The Bertz CT molecular complexity index is 655. The van der Waals surface area contributed by atoms with E-state index in [2.05, 4.69) is 5.32 Å². The number of aliphatic hydroxyl groups is 1. The molecule has 3 amide bonds. The van der Waals surface area contributed by atoms with E-state index in [0.29, 0.717) is 32.4 Å². The van der Waals surface area contributed by atoms with Gasteiger partial charge in [0, 0.05) is 12.8 Å². The highest BCUT2D eigenvalue weighted by molar-refractivity contribution is 6.06. The van der Waals surface area contributed by atoms with E-state index in [1.54, 1.807) is 14.0 Å². The van der Waals surface area contributed by atoms with Crippen LogP contribution in [0, 0.1) is 0 Å². The smallest absolute Gasteiger partial charge is 0.329 e. The number of nitrogens with zero attached hydrogens (tertiary/aromatic N) is 1. The van der Waals surface area contributed by atoms with Crippen molar-refractivity contribution in [1.29, 1.82) is 0 Å². The van der Waals surface area contributed by atoms with E-state index in [1.807, 2.05) is 24.3 Å². The molecule has 2 heterocycles. The molecule has 3 rings (SSSR count). The predicted molar refractivity (Wildman–Crippen MR) is 95.9 cm³/mol. The number of carbonyl (C=O) groups is 2. The van der Waals surface area contributed by atoms with Crippen LogP contribution in [0.4, 0.5) is 4.79 Å². The molecule has 1 aromatic rings. The summed E-state index contributed by atoms with van der Waals surface area (Å²) in [5.74, 6) is 0.639. The van der Waals surface area contributed by atoms with E-state index < -0.39 is 5.54 Å². The predicted octanol–water partition coefficient (Wildman–Crippen LogP) is -0.0646. The number of methoxy groups -OCH3 is 1. The number of aliphatic hydroxyl groups excluding tert-OH is 1. The quantitative estimate of drug-likeness (QED) is 0.619. The van der Waals surface area contributed by atoms with Crippen molar-refractivity contribution in [3.63, 3.8) is 0 Å². The molecule has 0 unspecified atom stereocenters. The zero-order valence-corrected chi connectivity index (χ0v) is 15.5. The molecule has 0 bridgehead atoms. The number of hydrogen-bond acceptors (Lipinski definition) is 4. The number of ether oxygens (including phenoxy) is 1. The van der Waals surface area contributed by atoms with E-state index in [4.69, 9.17) is 4.74 Å². The van der Waals surface area contributed by atoms with Crippen molar-refractivity contribution in [2.24, 2.45) is 0 Å². The second kappa shape index (κ2) is 7.63. The van der Waals surface area contributed by atoms with Crippen LogP contribution in [0.15, 0.2) is 24.3 Å². The number of quaternary nitrogens is 1. The summed E-state index contributed by atoms with van der Waals surface area (Å²) in [5.41, 5.74) is 0.231. The van der Waals surface area contributed by atoms with Crippen molar-refractivity contribution in [1.82, 2.24) is 10.2 Å². The minimum Gasteiger partial charge on any atom is -0.497 e. The van der Waals surface area contributed by atoms with Crippen molar-refractivity contribution >= 4 is 11.9 Å². The molecule has 1 aromatic carbocycles. The Balaban J connectivity index is 1.59. The third-order valence-electron chi connectivity index (χ3n) is 5.46. The van der Waals surface area contributed by atoms with Crippen LogP contribution >= 0.6 is 0 Å². The van der Waals surface area contributed by atoms with E-state index >= 15 is 0 Å². The number of imide groups is 1. The molecule has 0 aliphatic carbocycles. The SMILES string of the molecule is COc1ccc(CC[C@@]2(C)NC(=O)N(C[NH+]3CCC(O)CC3)C2=O)cc1. The summed E-state index contributed by atoms with van der Waals surface area (Å²) in [6.07, 6.45) is 2.43. The van der Waals surface area contributed by atoms with E-state index in [0.717, 1.165) is 24.4 Å². The summed E-state index contributed by atoms with van der Waals surface area (Å²) in [5, 5.41) is 12.5. The van der Waals surface area contributed by atoms with Gasteiger partial charge in [0.25, 0.3) is 5.91 Å². The van der Waals surface area contributed by atoms with Crippen molar-refractivity contribution in [2.45, 2.75) is 44.2 Å². The summed E-state index contributed by atoms with van der Waals surface area (Å²) in [7, 11) is 1.63. The van der Waals surface area contributed by atoms with Gasteiger partial charge in [0.1, 0.15) is 11.3 Å². The van der Waals surface area contributed by atoms with Gasteiger partial charge in [-0.05, 0) is 37.5 Å². The molecule has 7 heteroatoms. The lowest BCUT2D eigenvalue weighted by Gasteiger charge is -2.29. The topological polar surface area (TPSA) is 83.3 Å². The highest BCUT2D eigenvalue weighted by Crippen LogP contribution is 2.23. The van der Waals surface area contributed by atoms with Crippen LogP contribution < -0.4 is 15.0 Å². The lowest BCUT2D eigenvalue weighted by atomic mass is 9.93. The van der Waals surface area contributed by atoms with Crippen LogP contribution in [-0.4, -0.2) is 60.5 Å². The maximum atomic E-state index is 12.9. The zero-order valence-electron chi connectivity index (χ0n) is 15.5. The van der Waals surface area contributed by atoms with Gasteiger partial charge in [-0.15, -0.1) is 0 Å². The molecule has 2 saturated heterocycles. The van der Waals surface area contributed by atoms with Gasteiger partial charge in [0.05, 0.1) is 26.3 Å². The van der Waals surface area contributed by atoms with Crippen molar-refractivity contribution in [3.8, 4) is 5.75 Å². The van der Waals surface area contributed by atoms with Crippen LogP contribution in [0.2, 0.25) is 0 Å². The number of amides is 3. The summed E-state index contributed by atoms with van der Waals surface area (Å²) >= 11 is 0. The van der Waals surface area contributed by atoms with E-state index in [-0.39, 0.29) is 18.0 Å². The summed E-state index contributed by atoms with van der Waals surface area (Å²) < 4.78 is 5.16. The van der Waals surface area contributed by atoms with Gasteiger partial charge in [0.2, 0.25) is 0 Å². The number of nitrogens with one attached hydrogen (secondary N) is 2. The van der Waals surface area contributed by atoms with E-state index in [1.165, 1.54) is 9.80 Å². The van der Waals surface area contributed by atoms with Gasteiger partial charge in [-0.25, -0.2) is 9.69 Å². The van der Waals surface area contributed by atoms with Gasteiger partial charge in [-0.2, -0.15) is 0 Å². The molecule has 2 fully saturated rings. The van der Waals surface area contributed by atoms with Crippen LogP contribution in [0.25, 0.3) is 0 Å². The Labute approximate surface area is 153 Å². The molecule has 0 spiro atoms. The van der Waals surface area contributed by atoms with Gasteiger partial charge < -0.3 is 20.1 Å². The van der Waals surface area contributed by atoms with Crippen molar-refractivity contribution < 1.29 is 24.3 Å². The summed E-state index contributed by atoms with van der Waals surface area (Å²) in [6, 6.07) is 7.43. The van der Waals surface area contributed by atoms with Crippen LogP contribution in [0.5, 0.6) is 5.75 Å². The molecule has 142 valence electrons. The molecular weight excluding hydrogens is 334 g/mol. The van der Waals surface area contributed by atoms with Gasteiger partial charge in [-0.3, -0.25) is 4.79 Å². The molecule has 26 heavy (non-hydrogen) atoms. The van der Waals surface area contributed by atoms with Gasteiger partial charge in [-0.1, -0.05) is 12.1 Å². The van der Waals surface area contributed by atoms with Crippen molar-refractivity contribution in [3.05, 3.63) is 29.8 Å². The number of piperidine rings is 1. The fourth-order valence-electron chi connectivity index (χ4n) is 3.64. The molecule has 0 aromatic heterocycles. The Morgan fingerprint density at radius 2 is 1.92 bits per heavy atom. The minimum absolute atomic E-state index is 0.158. The first-order chi connectivity index (χ1) is 12.4. The number of benzene rings is 1. The van der Waals surface area contributed by atoms with Gasteiger partial charge in [0.15, 0.2) is 6.67 Å².